The van der Waals surface area contributed by atoms with Crippen molar-refractivity contribution in [2.45, 2.75) is 20.0 Å². The molecule has 2 heteroatoms. The summed E-state index contributed by atoms with van der Waals surface area (Å²) in [5, 5.41) is 6.04. The van der Waals surface area contributed by atoms with Crippen LogP contribution in [-0.2, 0) is 13.1 Å². The lowest BCUT2D eigenvalue weighted by Crippen LogP contribution is -2.14. The molecule has 0 amide bonds. The number of benzene rings is 3. The van der Waals surface area contributed by atoms with E-state index in [0.717, 1.165) is 18.8 Å². The maximum absolute atomic E-state index is 5.54. The fourth-order valence-electron chi connectivity index (χ4n) is 2.82. The molecule has 0 fully saturated rings. The smallest absolute Gasteiger partial charge is 0.123 e. The molecule has 0 aromatic heterocycles. The standard InChI is InChI=1S/C20H21NO/c1-15-7-3-4-9-17(15)13-21-14-19-18-10-6-5-8-16(18)11-12-20(19)22-2/h3-12,21H,13-14H2,1-2H3. The summed E-state index contributed by atoms with van der Waals surface area (Å²) < 4.78 is 5.54. The van der Waals surface area contributed by atoms with Gasteiger partial charge in [-0.2, -0.15) is 0 Å². The van der Waals surface area contributed by atoms with Gasteiger partial charge in [-0.1, -0.05) is 54.6 Å². The number of fused-ring (bicyclic) bond motifs is 1. The number of rotatable bonds is 5. The van der Waals surface area contributed by atoms with Crippen molar-refractivity contribution < 1.29 is 4.74 Å². The summed E-state index contributed by atoms with van der Waals surface area (Å²) >= 11 is 0. The minimum Gasteiger partial charge on any atom is -0.496 e. The SMILES string of the molecule is COc1ccc2ccccc2c1CNCc1ccccc1C. The first kappa shape index (κ1) is 14.6. The number of methoxy groups -OCH3 is 1. The molecule has 0 atom stereocenters. The van der Waals surface area contributed by atoms with E-state index in [2.05, 4.69) is 66.8 Å². The van der Waals surface area contributed by atoms with Crippen LogP contribution >= 0.6 is 0 Å². The van der Waals surface area contributed by atoms with Crippen molar-refractivity contribution in [3.63, 3.8) is 0 Å². The Morgan fingerprint density at radius 3 is 2.45 bits per heavy atom. The number of hydrogen-bond acceptors (Lipinski definition) is 2. The minimum atomic E-state index is 0.791. The fourth-order valence-corrected chi connectivity index (χ4v) is 2.82. The van der Waals surface area contributed by atoms with Gasteiger partial charge in [0, 0.05) is 18.7 Å². The maximum Gasteiger partial charge on any atom is 0.123 e. The summed E-state index contributed by atoms with van der Waals surface area (Å²) in [5.74, 6) is 0.941. The molecular weight excluding hydrogens is 270 g/mol. The van der Waals surface area contributed by atoms with Gasteiger partial charge in [0.05, 0.1) is 7.11 Å². The molecule has 0 unspecified atom stereocenters. The van der Waals surface area contributed by atoms with Gasteiger partial charge in [-0.15, -0.1) is 0 Å². The van der Waals surface area contributed by atoms with Crippen LogP contribution in [0.5, 0.6) is 5.75 Å². The zero-order chi connectivity index (χ0) is 15.4. The molecule has 0 aliphatic carbocycles. The first-order valence-corrected chi connectivity index (χ1v) is 7.59. The lowest BCUT2D eigenvalue weighted by molar-refractivity contribution is 0.408. The highest BCUT2D eigenvalue weighted by Crippen LogP contribution is 2.27. The molecule has 3 aromatic rings. The van der Waals surface area contributed by atoms with Crippen molar-refractivity contribution in [1.82, 2.24) is 5.32 Å². The van der Waals surface area contributed by atoms with Gasteiger partial charge in [0.2, 0.25) is 0 Å². The van der Waals surface area contributed by atoms with Crippen LogP contribution in [0.4, 0.5) is 0 Å². The summed E-state index contributed by atoms with van der Waals surface area (Å²) in [4.78, 5) is 0. The molecule has 0 radical (unpaired) electrons. The summed E-state index contributed by atoms with van der Waals surface area (Å²) in [6.07, 6.45) is 0. The van der Waals surface area contributed by atoms with E-state index in [-0.39, 0.29) is 0 Å². The molecule has 2 nitrogen and oxygen atoms in total. The second-order valence-electron chi connectivity index (χ2n) is 5.50. The first-order chi connectivity index (χ1) is 10.8. The Hall–Kier alpha value is -2.32. The summed E-state index contributed by atoms with van der Waals surface area (Å²) in [5.41, 5.74) is 3.87. The fraction of sp³-hybridized carbons (Fsp3) is 0.200. The average Bonchev–Trinajstić information content (AvgIpc) is 2.56. The normalized spacial score (nSPS) is 10.8. The molecule has 1 N–H and O–H groups in total. The lowest BCUT2D eigenvalue weighted by Gasteiger charge is -2.13. The predicted molar refractivity (Wildman–Crippen MR) is 92.2 cm³/mol. The van der Waals surface area contributed by atoms with Crippen molar-refractivity contribution in [1.29, 1.82) is 0 Å². The zero-order valence-corrected chi connectivity index (χ0v) is 13.1. The van der Waals surface area contributed by atoms with Crippen LogP contribution in [-0.4, -0.2) is 7.11 Å². The number of aryl methyl sites for hydroxylation is 1. The summed E-state index contributed by atoms with van der Waals surface area (Å²) in [7, 11) is 1.73. The van der Waals surface area contributed by atoms with Gasteiger partial charge in [0.15, 0.2) is 0 Å². The van der Waals surface area contributed by atoms with E-state index in [1.54, 1.807) is 7.11 Å². The van der Waals surface area contributed by atoms with E-state index in [1.807, 2.05) is 6.07 Å². The van der Waals surface area contributed by atoms with Crippen molar-refractivity contribution in [2.24, 2.45) is 0 Å². The Kier molecular flexibility index (Phi) is 4.40. The van der Waals surface area contributed by atoms with Gasteiger partial charge in [0.1, 0.15) is 5.75 Å². The van der Waals surface area contributed by atoms with E-state index < -0.39 is 0 Å². The van der Waals surface area contributed by atoms with Crippen LogP contribution in [0.15, 0.2) is 60.7 Å². The quantitative estimate of drug-likeness (QED) is 0.750. The largest absolute Gasteiger partial charge is 0.496 e. The summed E-state index contributed by atoms with van der Waals surface area (Å²) in [6, 6.07) is 21.1. The van der Waals surface area contributed by atoms with Gasteiger partial charge < -0.3 is 10.1 Å². The second kappa shape index (κ2) is 6.63. The third-order valence-corrected chi connectivity index (χ3v) is 4.10. The van der Waals surface area contributed by atoms with Crippen molar-refractivity contribution >= 4 is 10.8 Å². The van der Waals surface area contributed by atoms with Crippen LogP contribution in [0.3, 0.4) is 0 Å². The van der Waals surface area contributed by atoms with E-state index in [0.29, 0.717) is 0 Å². The first-order valence-electron chi connectivity index (χ1n) is 7.59. The highest BCUT2D eigenvalue weighted by atomic mass is 16.5. The molecule has 3 aromatic carbocycles. The molecule has 3 rings (SSSR count). The van der Waals surface area contributed by atoms with Crippen LogP contribution in [0.25, 0.3) is 10.8 Å². The van der Waals surface area contributed by atoms with Gasteiger partial charge in [-0.3, -0.25) is 0 Å². The Bertz CT molecular complexity index is 780. The predicted octanol–water partition coefficient (Wildman–Crippen LogP) is 4.45. The molecule has 0 aliphatic heterocycles. The van der Waals surface area contributed by atoms with Gasteiger partial charge in [0.25, 0.3) is 0 Å². The zero-order valence-electron chi connectivity index (χ0n) is 13.1. The van der Waals surface area contributed by atoms with E-state index in [4.69, 9.17) is 4.74 Å². The van der Waals surface area contributed by atoms with Crippen LogP contribution in [0, 0.1) is 6.92 Å². The van der Waals surface area contributed by atoms with Gasteiger partial charge in [-0.05, 0) is 34.9 Å². The highest BCUT2D eigenvalue weighted by Gasteiger charge is 2.08. The van der Waals surface area contributed by atoms with Crippen LogP contribution in [0.2, 0.25) is 0 Å². The Morgan fingerprint density at radius 2 is 1.64 bits per heavy atom. The van der Waals surface area contributed by atoms with Crippen molar-refractivity contribution in [3.8, 4) is 5.75 Å². The van der Waals surface area contributed by atoms with Crippen LogP contribution in [0.1, 0.15) is 16.7 Å². The maximum atomic E-state index is 5.54. The Balaban J connectivity index is 1.82. The van der Waals surface area contributed by atoms with Crippen molar-refractivity contribution in [3.05, 3.63) is 77.4 Å². The molecule has 22 heavy (non-hydrogen) atoms. The van der Waals surface area contributed by atoms with E-state index in [1.165, 1.54) is 27.5 Å². The third kappa shape index (κ3) is 2.97. The third-order valence-electron chi connectivity index (χ3n) is 4.10. The van der Waals surface area contributed by atoms with E-state index >= 15 is 0 Å². The average molecular weight is 291 g/mol. The molecule has 0 heterocycles. The van der Waals surface area contributed by atoms with Gasteiger partial charge >= 0.3 is 0 Å². The molecule has 0 saturated heterocycles. The molecule has 0 bridgehead atoms. The number of nitrogens with one attached hydrogen (secondary N) is 1. The van der Waals surface area contributed by atoms with Gasteiger partial charge in [-0.25, -0.2) is 0 Å². The molecule has 112 valence electrons. The minimum absolute atomic E-state index is 0.791. The molecular formula is C20H21NO. The van der Waals surface area contributed by atoms with Crippen LogP contribution < -0.4 is 10.1 Å². The topological polar surface area (TPSA) is 21.3 Å². The van der Waals surface area contributed by atoms with Crippen molar-refractivity contribution in [2.75, 3.05) is 7.11 Å². The Labute approximate surface area is 131 Å². The monoisotopic (exact) mass is 291 g/mol. The molecule has 0 spiro atoms. The Morgan fingerprint density at radius 1 is 0.864 bits per heavy atom. The lowest BCUT2D eigenvalue weighted by atomic mass is 10.0. The number of hydrogen-bond donors (Lipinski definition) is 1. The second-order valence-corrected chi connectivity index (χ2v) is 5.50. The number of ether oxygens (including phenoxy) is 1. The molecule has 0 aliphatic rings. The highest BCUT2D eigenvalue weighted by molar-refractivity contribution is 5.87. The molecule has 0 saturated carbocycles. The summed E-state index contributed by atoms with van der Waals surface area (Å²) in [6.45, 7) is 3.80. The van der Waals surface area contributed by atoms with E-state index in [9.17, 15) is 0 Å².